The van der Waals surface area contributed by atoms with Crippen molar-refractivity contribution in [3.63, 3.8) is 0 Å². The van der Waals surface area contributed by atoms with Gasteiger partial charge in [0.15, 0.2) is 5.65 Å². The van der Waals surface area contributed by atoms with Crippen molar-refractivity contribution < 1.29 is 4.79 Å². The molecule has 0 radical (unpaired) electrons. The molecule has 128 valence electrons. The molecule has 0 saturated heterocycles. The summed E-state index contributed by atoms with van der Waals surface area (Å²) in [6.45, 7) is 1.47. The third-order valence-electron chi connectivity index (χ3n) is 3.73. The van der Waals surface area contributed by atoms with Crippen molar-refractivity contribution in [3.8, 4) is 0 Å². The Balaban J connectivity index is 1.49. The number of hydrogen-bond acceptors (Lipinski definition) is 6. The number of aromatic nitrogens is 4. The van der Waals surface area contributed by atoms with Crippen LogP contribution in [0, 0.1) is 0 Å². The molecular formula is C18H15N7O. The van der Waals surface area contributed by atoms with Crippen LogP contribution < -0.4 is 10.7 Å². The lowest BCUT2D eigenvalue weighted by Crippen LogP contribution is -2.05. The van der Waals surface area contributed by atoms with E-state index in [0.717, 1.165) is 27.7 Å². The number of benzene rings is 2. The van der Waals surface area contributed by atoms with Gasteiger partial charge in [0.2, 0.25) is 5.91 Å². The molecule has 0 fully saturated rings. The van der Waals surface area contributed by atoms with Crippen molar-refractivity contribution in [1.29, 1.82) is 0 Å². The second kappa shape index (κ2) is 6.60. The van der Waals surface area contributed by atoms with Crippen LogP contribution in [0.4, 0.5) is 11.6 Å². The molecule has 4 aromatic rings. The van der Waals surface area contributed by atoms with Crippen molar-refractivity contribution in [2.45, 2.75) is 6.92 Å². The largest absolute Gasteiger partial charge is 0.338 e. The van der Waals surface area contributed by atoms with Crippen LogP contribution in [-0.4, -0.2) is 32.3 Å². The van der Waals surface area contributed by atoms with Crippen LogP contribution in [0.1, 0.15) is 12.5 Å². The first kappa shape index (κ1) is 15.7. The van der Waals surface area contributed by atoms with Crippen molar-refractivity contribution in [3.05, 3.63) is 54.1 Å². The van der Waals surface area contributed by atoms with Crippen molar-refractivity contribution in [2.75, 3.05) is 10.7 Å². The fourth-order valence-corrected chi connectivity index (χ4v) is 2.59. The SMILES string of the molecule is CC(=O)Nc1ccc(/C=N/Nc2nnc3c(n2)[nH]c2ccccc23)cc1. The lowest BCUT2D eigenvalue weighted by Gasteiger charge is -2.01. The Kier molecular flexibility index (Phi) is 3.98. The third-order valence-corrected chi connectivity index (χ3v) is 3.73. The number of amides is 1. The van der Waals surface area contributed by atoms with E-state index in [2.05, 4.69) is 36.0 Å². The van der Waals surface area contributed by atoms with Gasteiger partial charge in [-0.2, -0.15) is 10.1 Å². The molecule has 0 atom stereocenters. The predicted octanol–water partition coefficient (Wildman–Crippen LogP) is 2.91. The maximum Gasteiger partial charge on any atom is 0.265 e. The molecule has 0 bridgehead atoms. The molecule has 0 spiro atoms. The topological polar surface area (TPSA) is 108 Å². The number of rotatable bonds is 4. The Bertz CT molecular complexity index is 1120. The number of aromatic amines is 1. The Labute approximate surface area is 148 Å². The van der Waals surface area contributed by atoms with Gasteiger partial charge in [0, 0.05) is 23.5 Å². The van der Waals surface area contributed by atoms with Gasteiger partial charge in [0.25, 0.3) is 5.95 Å². The van der Waals surface area contributed by atoms with E-state index in [1.54, 1.807) is 18.3 Å². The highest BCUT2D eigenvalue weighted by Gasteiger charge is 2.07. The van der Waals surface area contributed by atoms with Crippen LogP contribution in [0.15, 0.2) is 53.6 Å². The van der Waals surface area contributed by atoms with Crippen LogP contribution in [-0.2, 0) is 4.79 Å². The van der Waals surface area contributed by atoms with Crippen LogP contribution in [0.25, 0.3) is 22.1 Å². The number of carbonyl (C=O) groups is 1. The molecule has 2 aromatic carbocycles. The van der Waals surface area contributed by atoms with Gasteiger partial charge in [0.1, 0.15) is 5.52 Å². The van der Waals surface area contributed by atoms with E-state index in [9.17, 15) is 4.79 Å². The van der Waals surface area contributed by atoms with Gasteiger partial charge in [-0.1, -0.05) is 30.3 Å². The summed E-state index contributed by atoms with van der Waals surface area (Å²) < 4.78 is 0. The van der Waals surface area contributed by atoms with E-state index in [0.29, 0.717) is 11.6 Å². The highest BCUT2D eigenvalue weighted by Crippen LogP contribution is 2.21. The zero-order valence-electron chi connectivity index (χ0n) is 13.9. The molecule has 0 aliphatic rings. The lowest BCUT2D eigenvalue weighted by atomic mass is 10.2. The fourth-order valence-electron chi connectivity index (χ4n) is 2.59. The second-order valence-electron chi connectivity index (χ2n) is 5.68. The van der Waals surface area contributed by atoms with E-state index in [1.165, 1.54) is 6.92 Å². The lowest BCUT2D eigenvalue weighted by molar-refractivity contribution is -0.114. The first-order valence-corrected chi connectivity index (χ1v) is 7.97. The van der Waals surface area contributed by atoms with Crippen LogP contribution in [0.5, 0.6) is 0 Å². The summed E-state index contributed by atoms with van der Waals surface area (Å²) in [5.41, 5.74) is 6.71. The molecule has 0 aliphatic heterocycles. The fraction of sp³-hybridized carbons (Fsp3) is 0.0556. The smallest absolute Gasteiger partial charge is 0.265 e. The minimum atomic E-state index is -0.106. The van der Waals surface area contributed by atoms with E-state index in [4.69, 9.17) is 0 Å². The first-order chi connectivity index (χ1) is 12.7. The number of carbonyl (C=O) groups excluding carboxylic acids is 1. The Morgan fingerprint density at radius 2 is 1.92 bits per heavy atom. The summed E-state index contributed by atoms with van der Waals surface area (Å²) in [7, 11) is 0. The molecule has 8 heteroatoms. The number of fused-ring (bicyclic) bond motifs is 3. The van der Waals surface area contributed by atoms with Gasteiger partial charge in [-0.25, -0.2) is 5.43 Å². The number of nitrogens with one attached hydrogen (secondary N) is 3. The molecule has 2 aromatic heterocycles. The van der Waals surface area contributed by atoms with Gasteiger partial charge in [-0.05, 0) is 23.8 Å². The maximum absolute atomic E-state index is 11.0. The molecular weight excluding hydrogens is 330 g/mol. The summed E-state index contributed by atoms with van der Waals surface area (Å²) in [5, 5.41) is 16.1. The number of anilines is 2. The van der Waals surface area contributed by atoms with Gasteiger partial charge in [0.05, 0.1) is 6.21 Å². The summed E-state index contributed by atoms with van der Waals surface area (Å²) >= 11 is 0. The standard InChI is InChI=1S/C18H15N7O/c1-11(26)20-13-8-6-12(7-9-13)10-19-24-18-22-17-16(23-25-18)14-4-2-3-5-15(14)21-17/h2-10H,1H3,(H,20,26)(H2,21,22,24,25)/b19-10+. The second-order valence-corrected chi connectivity index (χ2v) is 5.68. The number of H-pyrrole nitrogens is 1. The molecule has 0 saturated carbocycles. The zero-order valence-corrected chi connectivity index (χ0v) is 13.9. The molecule has 8 nitrogen and oxygen atoms in total. The van der Waals surface area contributed by atoms with Gasteiger partial charge >= 0.3 is 0 Å². The minimum Gasteiger partial charge on any atom is -0.338 e. The van der Waals surface area contributed by atoms with Gasteiger partial charge in [-0.3, -0.25) is 4.79 Å². The third kappa shape index (κ3) is 3.20. The van der Waals surface area contributed by atoms with E-state index in [-0.39, 0.29) is 5.91 Å². The number of hydrazone groups is 1. The zero-order chi connectivity index (χ0) is 17.9. The number of hydrogen-bond donors (Lipinski definition) is 3. The Hall–Kier alpha value is -3.81. The van der Waals surface area contributed by atoms with Gasteiger partial charge < -0.3 is 10.3 Å². The van der Waals surface area contributed by atoms with E-state index in [1.807, 2.05) is 36.4 Å². The van der Waals surface area contributed by atoms with E-state index >= 15 is 0 Å². The van der Waals surface area contributed by atoms with Crippen LogP contribution in [0.3, 0.4) is 0 Å². The van der Waals surface area contributed by atoms with Crippen molar-refractivity contribution in [2.24, 2.45) is 5.10 Å². The van der Waals surface area contributed by atoms with Crippen molar-refractivity contribution >= 4 is 45.8 Å². The Morgan fingerprint density at radius 3 is 2.73 bits per heavy atom. The summed E-state index contributed by atoms with van der Waals surface area (Å²) in [6.07, 6.45) is 1.64. The Morgan fingerprint density at radius 1 is 1.12 bits per heavy atom. The number of para-hydroxylation sites is 1. The molecule has 26 heavy (non-hydrogen) atoms. The van der Waals surface area contributed by atoms with Crippen LogP contribution >= 0.6 is 0 Å². The average Bonchev–Trinajstić information content (AvgIpc) is 3.00. The quantitative estimate of drug-likeness (QED) is 0.389. The predicted molar refractivity (Wildman–Crippen MR) is 101 cm³/mol. The highest BCUT2D eigenvalue weighted by molar-refractivity contribution is 6.03. The molecule has 3 N–H and O–H groups in total. The minimum absolute atomic E-state index is 0.106. The highest BCUT2D eigenvalue weighted by atomic mass is 16.1. The molecule has 2 heterocycles. The molecule has 1 amide bonds. The number of nitrogens with zero attached hydrogens (tertiary/aromatic N) is 4. The summed E-state index contributed by atoms with van der Waals surface area (Å²) in [4.78, 5) is 18.6. The molecule has 0 aliphatic carbocycles. The summed E-state index contributed by atoms with van der Waals surface area (Å²) in [5.74, 6) is 0.195. The normalized spacial score (nSPS) is 11.3. The maximum atomic E-state index is 11.0. The first-order valence-electron chi connectivity index (χ1n) is 7.97. The van der Waals surface area contributed by atoms with Gasteiger partial charge in [-0.15, -0.1) is 10.2 Å². The summed E-state index contributed by atoms with van der Waals surface area (Å²) in [6, 6.07) is 15.1. The average molecular weight is 345 g/mol. The monoisotopic (exact) mass is 345 g/mol. The van der Waals surface area contributed by atoms with Crippen LogP contribution in [0.2, 0.25) is 0 Å². The molecule has 4 rings (SSSR count). The van der Waals surface area contributed by atoms with E-state index < -0.39 is 0 Å². The molecule has 0 unspecified atom stereocenters. The van der Waals surface area contributed by atoms with Crippen molar-refractivity contribution in [1.82, 2.24) is 20.2 Å².